The van der Waals surface area contributed by atoms with Gasteiger partial charge in [0.05, 0.1) is 0 Å². The Morgan fingerprint density at radius 2 is 2.00 bits per heavy atom. The number of fused-ring (bicyclic) bond motifs is 2. The first-order chi connectivity index (χ1) is 7.26. The molecule has 0 saturated carbocycles. The molecule has 2 heterocycles. The number of likely N-dealkylation sites (N-methyl/N-ethyl adjacent to an activating group) is 1. The van der Waals surface area contributed by atoms with Gasteiger partial charge in [0, 0.05) is 18.1 Å². The minimum Gasteiger partial charge on any atom is -0.311 e. The zero-order chi connectivity index (χ0) is 10.8. The Labute approximate surface area is 93.7 Å². The molecule has 0 spiro atoms. The summed E-state index contributed by atoms with van der Waals surface area (Å²) in [6.07, 6.45) is 7.65. The summed E-state index contributed by atoms with van der Waals surface area (Å²) in [6.45, 7) is 7.20. The van der Waals surface area contributed by atoms with Crippen molar-refractivity contribution >= 4 is 0 Å². The number of nitrogens with zero attached hydrogens (tertiary/aromatic N) is 1. The summed E-state index contributed by atoms with van der Waals surface area (Å²) < 4.78 is 0. The SMILES string of the molecule is C=CC(NCC)C1CC2CCC(C1)N2C. The molecule has 2 fully saturated rings. The van der Waals surface area contributed by atoms with Gasteiger partial charge in [-0.3, -0.25) is 0 Å². The van der Waals surface area contributed by atoms with Gasteiger partial charge < -0.3 is 10.2 Å². The van der Waals surface area contributed by atoms with E-state index in [-0.39, 0.29) is 0 Å². The van der Waals surface area contributed by atoms with Gasteiger partial charge in [0.25, 0.3) is 0 Å². The molecule has 2 heteroatoms. The summed E-state index contributed by atoms with van der Waals surface area (Å²) in [5.41, 5.74) is 0. The van der Waals surface area contributed by atoms with E-state index >= 15 is 0 Å². The largest absolute Gasteiger partial charge is 0.311 e. The Kier molecular flexibility index (Phi) is 3.47. The van der Waals surface area contributed by atoms with E-state index < -0.39 is 0 Å². The van der Waals surface area contributed by atoms with E-state index in [2.05, 4.69) is 36.8 Å². The van der Waals surface area contributed by atoms with Gasteiger partial charge in [0.1, 0.15) is 0 Å². The van der Waals surface area contributed by atoms with Crippen LogP contribution in [0.1, 0.15) is 32.6 Å². The second-order valence-electron chi connectivity index (χ2n) is 5.10. The van der Waals surface area contributed by atoms with E-state index in [0.29, 0.717) is 6.04 Å². The number of hydrogen-bond acceptors (Lipinski definition) is 2. The van der Waals surface area contributed by atoms with Gasteiger partial charge in [0.15, 0.2) is 0 Å². The van der Waals surface area contributed by atoms with Crippen LogP contribution in [0.3, 0.4) is 0 Å². The second kappa shape index (κ2) is 4.67. The third-order valence-electron chi connectivity index (χ3n) is 4.34. The summed E-state index contributed by atoms with van der Waals surface area (Å²) in [7, 11) is 2.30. The fourth-order valence-electron chi connectivity index (χ4n) is 3.42. The Balaban J connectivity index is 1.97. The van der Waals surface area contributed by atoms with Crippen molar-refractivity contribution in [2.75, 3.05) is 13.6 Å². The summed E-state index contributed by atoms with van der Waals surface area (Å²) in [5, 5.41) is 3.55. The van der Waals surface area contributed by atoms with E-state index in [1.54, 1.807) is 0 Å². The number of hydrogen-bond donors (Lipinski definition) is 1. The molecule has 86 valence electrons. The van der Waals surface area contributed by atoms with E-state index in [9.17, 15) is 0 Å². The minimum absolute atomic E-state index is 0.534. The van der Waals surface area contributed by atoms with Gasteiger partial charge in [-0.1, -0.05) is 13.0 Å². The molecular formula is C13H24N2. The molecule has 3 unspecified atom stereocenters. The zero-order valence-electron chi connectivity index (χ0n) is 10.1. The van der Waals surface area contributed by atoms with Gasteiger partial charge in [0.2, 0.25) is 0 Å². The van der Waals surface area contributed by atoms with E-state index in [1.807, 2.05) is 0 Å². The van der Waals surface area contributed by atoms with Crippen LogP contribution >= 0.6 is 0 Å². The molecule has 0 aromatic heterocycles. The Morgan fingerprint density at radius 1 is 1.40 bits per heavy atom. The maximum absolute atomic E-state index is 3.97. The fraction of sp³-hybridized carbons (Fsp3) is 0.846. The molecule has 0 aromatic rings. The number of rotatable bonds is 4. The lowest BCUT2D eigenvalue weighted by atomic mass is 9.85. The van der Waals surface area contributed by atoms with Gasteiger partial charge in [-0.2, -0.15) is 0 Å². The summed E-state index contributed by atoms with van der Waals surface area (Å²) >= 11 is 0. The van der Waals surface area contributed by atoms with Crippen molar-refractivity contribution in [1.82, 2.24) is 10.2 Å². The summed E-state index contributed by atoms with van der Waals surface area (Å²) in [4.78, 5) is 2.60. The average Bonchev–Trinajstić information content (AvgIpc) is 2.50. The quantitative estimate of drug-likeness (QED) is 0.711. The minimum atomic E-state index is 0.534. The molecule has 15 heavy (non-hydrogen) atoms. The van der Waals surface area contributed by atoms with Crippen LogP contribution in [0.25, 0.3) is 0 Å². The normalized spacial score (nSPS) is 37.9. The van der Waals surface area contributed by atoms with Crippen molar-refractivity contribution in [3.05, 3.63) is 12.7 Å². The molecule has 0 aliphatic carbocycles. The lowest BCUT2D eigenvalue weighted by Crippen LogP contribution is -2.46. The lowest BCUT2D eigenvalue weighted by molar-refractivity contribution is 0.122. The first-order valence-corrected chi connectivity index (χ1v) is 6.34. The summed E-state index contributed by atoms with van der Waals surface area (Å²) in [6, 6.07) is 2.22. The van der Waals surface area contributed by atoms with Gasteiger partial charge in [-0.15, -0.1) is 6.58 Å². The molecule has 2 saturated heterocycles. The lowest BCUT2D eigenvalue weighted by Gasteiger charge is -2.39. The van der Waals surface area contributed by atoms with Gasteiger partial charge in [-0.05, 0) is 45.2 Å². The van der Waals surface area contributed by atoms with Crippen molar-refractivity contribution in [3.63, 3.8) is 0 Å². The molecule has 0 aromatic carbocycles. The van der Waals surface area contributed by atoms with Crippen molar-refractivity contribution in [3.8, 4) is 0 Å². The average molecular weight is 208 g/mol. The summed E-state index contributed by atoms with van der Waals surface area (Å²) in [5.74, 6) is 0.816. The van der Waals surface area contributed by atoms with Gasteiger partial charge >= 0.3 is 0 Å². The maximum atomic E-state index is 3.97. The molecule has 2 nitrogen and oxygen atoms in total. The predicted molar refractivity (Wildman–Crippen MR) is 65.0 cm³/mol. The predicted octanol–water partition coefficient (Wildman–Crippen LogP) is 2.02. The molecule has 2 aliphatic rings. The van der Waals surface area contributed by atoms with Gasteiger partial charge in [-0.25, -0.2) is 0 Å². The fourth-order valence-corrected chi connectivity index (χ4v) is 3.42. The van der Waals surface area contributed by atoms with Crippen LogP contribution in [-0.2, 0) is 0 Å². The maximum Gasteiger partial charge on any atom is 0.0276 e. The van der Waals surface area contributed by atoms with Crippen LogP contribution in [-0.4, -0.2) is 36.6 Å². The van der Waals surface area contributed by atoms with E-state index in [1.165, 1.54) is 25.7 Å². The van der Waals surface area contributed by atoms with Crippen LogP contribution in [0.4, 0.5) is 0 Å². The smallest absolute Gasteiger partial charge is 0.0276 e. The third-order valence-corrected chi connectivity index (χ3v) is 4.34. The highest BCUT2D eigenvalue weighted by Gasteiger charge is 2.40. The van der Waals surface area contributed by atoms with Crippen LogP contribution in [0.5, 0.6) is 0 Å². The third kappa shape index (κ3) is 2.11. The first-order valence-electron chi connectivity index (χ1n) is 6.34. The van der Waals surface area contributed by atoms with Crippen molar-refractivity contribution < 1.29 is 0 Å². The molecule has 2 aliphatic heterocycles. The van der Waals surface area contributed by atoms with Crippen LogP contribution in [0.15, 0.2) is 12.7 Å². The highest BCUT2D eigenvalue weighted by Crippen LogP contribution is 2.38. The van der Waals surface area contributed by atoms with Crippen LogP contribution in [0.2, 0.25) is 0 Å². The first kappa shape index (κ1) is 11.2. The molecule has 1 N–H and O–H groups in total. The van der Waals surface area contributed by atoms with E-state index in [4.69, 9.17) is 0 Å². The Bertz CT molecular complexity index is 213. The molecule has 0 radical (unpaired) electrons. The Hall–Kier alpha value is -0.340. The van der Waals surface area contributed by atoms with E-state index in [0.717, 1.165) is 24.5 Å². The standard InChI is InChI=1S/C13H24N2/c1-4-13(14-5-2)10-8-11-6-7-12(9-10)15(11)3/h4,10-14H,1,5-9H2,2-3H3. The monoisotopic (exact) mass is 208 g/mol. The molecule has 0 amide bonds. The molecular weight excluding hydrogens is 184 g/mol. The zero-order valence-corrected chi connectivity index (χ0v) is 10.1. The molecule has 2 rings (SSSR count). The Morgan fingerprint density at radius 3 is 2.47 bits per heavy atom. The van der Waals surface area contributed by atoms with Crippen molar-refractivity contribution in [2.45, 2.75) is 50.7 Å². The van der Waals surface area contributed by atoms with Crippen LogP contribution in [0, 0.1) is 5.92 Å². The van der Waals surface area contributed by atoms with Crippen LogP contribution < -0.4 is 5.32 Å². The molecule has 2 bridgehead atoms. The topological polar surface area (TPSA) is 15.3 Å². The highest BCUT2D eigenvalue weighted by molar-refractivity contribution is 5.00. The van der Waals surface area contributed by atoms with Crippen molar-refractivity contribution in [2.24, 2.45) is 5.92 Å². The van der Waals surface area contributed by atoms with Crippen molar-refractivity contribution in [1.29, 1.82) is 0 Å². The number of piperidine rings is 1. The second-order valence-corrected chi connectivity index (χ2v) is 5.10. The highest BCUT2D eigenvalue weighted by atomic mass is 15.2. The molecule has 3 atom stereocenters. The number of nitrogens with one attached hydrogen (secondary N) is 1.